The maximum Gasteiger partial charge on any atom is 0.255 e. The number of carbonyl (C=O) groups is 2. The lowest BCUT2D eigenvalue weighted by atomic mass is 10.00. The summed E-state index contributed by atoms with van der Waals surface area (Å²) >= 11 is 0. The molecule has 0 unspecified atom stereocenters. The van der Waals surface area contributed by atoms with Gasteiger partial charge < -0.3 is 15.0 Å². The summed E-state index contributed by atoms with van der Waals surface area (Å²) in [5, 5.41) is 3.63. The van der Waals surface area contributed by atoms with E-state index in [1.807, 2.05) is 54.6 Å². The molecule has 6 nitrogen and oxygen atoms in total. The minimum atomic E-state index is -0.554. The standard InChI is InChI=1S/C22H21N3O3/c1-28-20-14-17(16-9-5-6-10-18(16)24-20)22(27)25-12-11-23-21(26)19(25)13-15-7-3-2-4-8-15/h2-10,14,19H,11-13H2,1H3,(H,23,26)/t19-/m0/s1. The van der Waals surface area contributed by atoms with Crippen LogP contribution in [0.5, 0.6) is 5.88 Å². The van der Waals surface area contributed by atoms with Gasteiger partial charge in [-0.1, -0.05) is 48.5 Å². The molecule has 0 spiro atoms. The Hall–Kier alpha value is -3.41. The number of hydrogen-bond acceptors (Lipinski definition) is 4. The summed E-state index contributed by atoms with van der Waals surface area (Å²) in [5.41, 5.74) is 2.20. The van der Waals surface area contributed by atoms with Crippen molar-refractivity contribution in [1.82, 2.24) is 15.2 Å². The van der Waals surface area contributed by atoms with E-state index in [1.165, 1.54) is 7.11 Å². The molecule has 28 heavy (non-hydrogen) atoms. The van der Waals surface area contributed by atoms with E-state index >= 15 is 0 Å². The Bertz CT molecular complexity index is 1020. The summed E-state index contributed by atoms with van der Waals surface area (Å²) in [4.78, 5) is 32.2. The number of piperazine rings is 1. The molecule has 0 radical (unpaired) electrons. The first-order chi connectivity index (χ1) is 13.7. The van der Waals surface area contributed by atoms with Crippen LogP contribution in [0.1, 0.15) is 15.9 Å². The Kier molecular flexibility index (Phi) is 4.93. The molecule has 0 saturated carbocycles. The monoisotopic (exact) mass is 375 g/mol. The van der Waals surface area contributed by atoms with Gasteiger partial charge in [-0.25, -0.2) is 4.98 Å². The maximum absolute atomic E-state index is 13.5. The lowest BCUT2D eigenvalue weighted by molar-refractivity contribution is -0.127. The van der Waals surface area contributed by atoms with Gasteiger partial charge in [-0.05, 0) is 11.6 Å². The van der Waals surface area contributed by atoms with Crippen molar-refractivity contribution in [3.63, 3.8) is 0 Å². The highest BCUT2D eigenvalue weighted by atomic mass is 16.5. The van der Waals surface area contributed by atoms with Crippen LogP contribution in [-0.2, 0) is 11.2 Å². The highest BCUT2D eigenvalue weighted by Gasteiger charge is 2.34. The molecule has 4 rings (SSSR count). The number of pyridine rings is 1. The first-order valence-corrected chi connectivity index (χ1v) is 9.24. The number of ether oxygens (including phenoxy) is 1. The van der Waals surface area contributed by atoms with Gasteiger partial charge in [0, 0.05) is 31.0 Å². The fourth-order valence-corrected chi connectivity index (χ4v) is 3.59. The van der Waals surface area contributed by atoms with E-state index in [9.17, 15) is 9.59 Å². The Morgan fingerprint density at radius 3 is 2.71 bits per heavy atom. The second-order valence-corrected chi connectivity index (χ2v) is 6.72. The molecule has 1 aliphatic rings. The van der Waals surface area contributed by atoms with Gasteiger partial charge in [-0.15, -0.1) is 0 Å². The molecular weight excluding hydrogens is 354 g/mol. The molecule has 1 aliphatic heterocycles. The predicted molar refractivity (Wildman–Crippen MR) is 106 cm³/mol. The molecule has 0 aliphatic carbocycles. The second-order valence-electron chi connectivity index (χ2n) is 6.72. The van der Waals surface area contributed by atoms with E-state index in [1.54, 1.807) is 11.0 Å². The average Bonchev–Trinajstić information content (AvgIpc) is 2.74. The number of nitrogens with zero attached hydrogens (tertiary/aromatic N) is 2. The van der Waals surface area contributed by atoms with Crippen molar-refractivity contribution in [2.24, 2.45) is 0 Å². The topological polar surface area (TPSA) is 71.5 Å². The summed E-state index contributed by atoms with van der Waals surface area (Å²) in [6, 6.07) is 18.3. The summed E-state index contributed by atoms with van der Waals surface area (Å²) in [6.07, 6.45) is 0.471. The molecule has 1 saturated heterocycles. The van der Waals surface area contributed by atoms with E-state index in [0.717, 1.165) is 10.9 Å². The van der Waals surface area contributed by atoms with Crippen molar-refractivity contribution in [3.8, 4) is 5.88 Å². The maximum atomic E-state index is 13.5. The van der Waals surface area contributed by atoms with E-state index in [2.05, 4.69) is 10.3 Å². The molecule has 1 N–H and O–H groups in total. The van der Waals surface area contributed by atoms with Crippen LogP contribution < -0.4 is 10.1 Å². The second kappa shape index (κ2) is 7.68. The quantitative estimate of drug-likeness (QED) is 0.760. The van der Waals surface area contributed by atoms with Crippen molar-refractivity contribution < 1.29 is 14.3 Å². The first kappa shape index (κ1) is 18.0. The van der Waals surface area contributed by atoms with Gasteiger partial charge in [0.25, 0.3) is 5.91 Å². The highest BCUT2D eigenvalue weighted by Crippen LogP contribution is 2.25. The zero-order valence-corrected chi connectivity index (χ0v) is 15.6. The number of benzene rings is 2. The van der Waals surface area contributed by atoms with Crippen LogP contribution in [0.3, 0.4) is 0 Å². The van der Waals surface area contributed by atoms with Gasteiger partial charge in [-0.3, -0.25) is 9.59 Å². The van der Waals surface area contributed by atoms with Crippen LogP contribution >= 0.6 is 0 Å². The van der Waals surface area contributed by atoms with Crippen LogP contribution in [0.2, 0.25) is 0 Å². The summed E-state index contributed by atoms with van der Waals surface area (Å²) in [5.74, 6) is 0.0598. The normalized spacial score (nSPS) is 16.7. The average molecular weight is 375 g/mol. The molecule has 1 atom stereocenters. The smallest absolute Gasteiger partial charge is 0.255 e. The van der Waals surface area contributed by atoms with Crippen LogP contribution in [0.25, 0.3) is 10.9 Å². The molecule has 1 fully saturated rings. The molecule has 142 valence electrons. The van der Waals surface area contributed by atoms with E-state index < -0.39 is 6.04 Å². The summed E-state index contributed by atoms with van der Waals surface area (Å²) in [7, 11) is 1.53. The minimum Gasteiger partial charge on any atom is -0.481 e. The third-order valence-electron chi connectivity index (χ3n) is 5.00. The van der Waals surface area contributed by atoms with Crippen molar-refractivity contribution in [3.05, 3.63) is 71.8 Å². The predicted octanol–water partition coefficient (Wildman–Crippen LogP) is 2.43. The zero-order chi connectivity index (χ0) is 19.5. The number of aromatic nitrogens is 1. The molecular formula is C22H21N3O3. The molecule has 2 aromatic carbocycles. The molecule has 1 aromatic heterocycles. The van der Waals surface area contributed by atoms with Gasteiger partial charge >= 0.3 is 0 Å². The fraction of sp³-hybridized carbons (Fsp3) is 0.227. The lowest BCUT2D eigenvalue weighted by Gasteiger charge is -2.35. The lowest BCUT2D eigenvalue weighted by Crippen LogP contribution is -2.58. The number of carbonyl (C=O) groups excluding carboxylic acids is 2. The first-order valence-electron chi connectivity index (χ1n) is 9.24. The number of nitrogens with one attached hydrogen (secondary N) is 1. The number of para-hydroxylation sites is 1. The van der Waals surface area contributed by atoms with Crippen molar-refractivity contribution >= 4 is 22.7 Å². The van der Waals surface area contributed by atoms with Crippen LogP contribution in [-0.4, -0.2) is 47.9 Å². The van der Waals surface area contributed by atoms with Gasteiger partial charge in [-0.2, -0.15) is 0 Å². The van der Waals surface area contributed by atoms with Crippen LogP contribution in [0.15, 0.2) is 60.7 Å². The number of methoxy groups -OCH3 is 1. The molecule has 2 heterocycles. The van der Waals surface area contributed by atoms with E-state index in [4.69, 9.17) is 4.74 Å². The number of fused-ring (bicyclic) bond motifs is 1. The number of rotatable bonds is 4. The van der Waals surface area contributed by atoms with E-state index in [0.29, 0.717) is 36.5 Å². The van der Waals surface area contributed by atoms with Gasteiger partial charge in [0.05, 0.1) is 18.2 Å². The third kappa shape index (κ3) is 3.41. The Balaban J connectivity index is 1.73. The molecule has 3 aromatic rings. The van der Waals surface area contributed by atoms with Crippen LogP contribution in [0, 0.1) is 0 Å². The third-order valence-corrected chi connectivity index (χ3v) is 5.00. The highest BCUT2D eigenvalue weighted by molar-refractivity contribution is 6.08. The molecule has 0 bridgehead atoms. The van der Waals surface area contributed by atoms with Gasteiger partial charge in [0.15, 0.2) is 0 Å². The van der Waals surface area contributed by atoms with E-state index in [-0.39, 0.29) is 11.8 Å². The summed E-state index contributed by atoms with van der Waals surface area (Å²) < 4.78 is 5.28. The zero-order valence-electron chi connectivity index (χ0n) is 15.6. The minimum absolute atomic E-state index is 0.131. The fourth-order valence-electron chi connectivity index (χ4n) is 3.59. The number of hydrogen-bond donors (Lipinski definition) is 1. The molecule has 6 heteroatoms. The Morgan fingerprint density at radius 2 is 1.93 bits per heavy atom. The number of amides is 2. The van der Waals surface area contributed by atoms with Gasteiger partial charge in [0.1, 0.15) is 6.04 Å². The van der Waals surface area contributed by atoms with Crippen molar-refractivity contribution in [2.75, 3.05) is 20.2 Å². The van der Waals surface area contributed by atoms with Gasteiger partial charge in [0.2, 0.25) is 11.8 Å². The Morgan fingerprint density at radius 1 is 1.18 bits per heavy atom. The van der Waals surface area contributed by atoms with Crippen molar-refractivity contribution in [2.45, 2.75) is 12.5 Å². The largest absolute Gasteiger partial charge is 0.481 e. The SMILES string of the molecule is COc1cc(C(=O)N2CCNC(=O)[C@@H]2Cc2ccccc2)c2ccccc2n1. The summed E-state index contributed by atoms with van der Waals surface area (Å²) in [6.45, 7) is 0.900. The molecule has 2 amide bonds. The van der Waals surface area contributed by atoms with Crippen LogP contribution in [0.4, 0.5) is 0 Å². The Labute approximate surface area is 163 Å². The van der Waals surface area contributed by atoms with Crippen molar-refractivity contribution in [1.29, 1.82) is 0 Å².